The summed E-state index contributed by atoms with van der Waals surface area (Å²) in [6.07, 6.45) is 2.67. The number of halogens is 2. The van der Waals surface area contributed by atoms with Gasteiger partial charge in [0.2, 0.25) is 15.9 Å². The second-order valence-electron chi connectivity index (χ2n) is 6.85. The van der Waals surface area contributed by atoms with E-state index in [2.05, 4.69) is 10.6 Å². The number of sulfonamides is 1. The lowest BCUT2D eigenvalue weighted by atomic mass is 10.2. The van der Waals surface area contributed by atoms with Crippen molar-refractivity contribution in [3.05, 3.63) is 47.2 Å². The number of carbonyl (C=O) groups is 1. The number of hydrogen-bond acceptors (Lipinski definition) is 5. The highest BCUT2D eigenvalue weighted by atomic mass is 35.5. The zero-order chi connectivity index (χ0) is 21.7. The van der Waals surface area contributed by atoms with Gasteiger partial charge in [0.1, 0.15) is 11.6 Å². The predicted molar refractivity (Wildman–Crippen MR) is 114 cm³/mol. The van der Waals surface area contributed by atoms with E-state index in [1.165, 1.54) is 41.7 Å². The molecule has 1 fully saturated rings. The van der Waals surface area contributed by atoms with Crippen LogP contribution in [-0.4, -0.2) is 45.4 Å². The number of amides is 1. The van der Waals surface area contributed by atoms with Crippen LogP contribution in [0.15, 0.2) is 41.3 Å². The van der Waals surface area contributed by atoms with Gasteiger partial charge in [-0.3, -0.25) is 4.79 Å². The number of nitrogens with zero attached hydrogens (tertiary/aromatic N) is 1. The molecular weight excluding hydrogens is 433 g/mol. The fourth-order valence-corrected chi connectivity index (χ4v) is 4.98. The Hall–Kier alpha value is -2.36. The minimum Gasteiger partial charge on any atom is -0.495 e. The first-order valence-electron chi connectivity index (χ1n) is 9.48. The third-order valence-electron chi connectivity index (χ3n) is 4.77. The molecule has 1 amide bonds. The number of piperidine rings is 1. The van der Waals surface area contributed by atoms with Crippen LogP contribution in [0.3, 0.4) is 0 Å². The van der Waals surface area contributed by atoms with Crippen LogP contribution in [0.5, 0.6) is 5.75 Å². The van der Waals surface area contributed by atoms with Crippen LogP contribution in [0.25, 0.3) is 0 Å². The summed E-state index contributed by atoms with van der Waals surface area (Å²) in [5, 5.41) is 5.62. The minimum absolute atomic E-state index is 0.0926. The molecule has 10 heteroatoms. The van der Waals surface area contributed by atoms with E-state index in [0.717, 1.165) is 25.3 Å². The number of anilines is 2. The van der Waals surface area contributed by atoms with E-state index < -0.39 is 21.7 Å². The predicted octanol–water partition coefficient (Wildman–Crippen LogP) is 3.71. The van der Waals surface area contributed by atoms with Crippen LogP contribution >= 0.6 is 11.6 Å². The highest BCUT2D eigenvalue weighted by Crippen LogP contribution is 2.30. The van der Waals surface area contributed by atoms with Gasteiger partial charge in [-0.05, 0) is 49.2 Å². The minimum atomic E-state index is -3.65. The van der Waals surface area contributed by atoms with Crippen LogP contribution in [-0.2, 0) is 14.8 Å². The molecule has 2 aromatic carbocycles. The highest BCUT2D eigenvalue weighted by Gasteiger charge is 2.27. The molecule has 0 aromatic heterocycles. The first-order valence-corrected chi connectivity index (χ1v) is 11.3. The smallest absolute Gasteiger partial charge is 0.243 e. The summed E-state index contributed by atoms with van der Waals surface area (Å²) >= 11 is 5.94. The number of rotatable bonds is 7. The second kappa shape index (κ2) is 9.63. The number of methoxy groups -OCH3 is 1. The Bertz CT molecular complexity index is 1030. The van der Waals surface area contributed by atoms with Gasteiger partial charge in [-0.1, -0.05) is 18.0 Å². The largest absolute Gasteiger partial charge is 0.495 e. The summed E-state index contributed by atoms with van der Waals surface area (Å²) in [7, 11) is -2.22. The van der Waals surface area contributed by atoms with E-state index in [-0.39, 0.29) is 22.2 Å². The summed E-state index contributed by atoms with van der Waals surface area (Å²) in [6.45, 7) is 0.814. The average Bonchev–Trinajstić information content (AvgIpc) is 2.73. The molecule has 0 saturated carbocycles. The van der Waals surface area contributed by atoms with Crippen molar-refractivity contribution >= 4 is 38.9 Å². The number of nitrogens with one attached hydrogen (secondary N) is 2. The lowest BCUT2D eigenvalue weighted by molar-refractivity contribution is -0.114. The van der Waals surface area contributed by atoms with Crippen LogP contribution in [0, 0.1) is 5.82 Å². The molecule has 0 unspecified atom stereocenters. The van der Waals surface area contributed by atoms with E-state index in [1.807, 2.05) is 0 Å². The number of ether oxygens (including phenoxy) is 1. The van der Waals surface area contributed by atoms with Gasteiger partial charge in [-0.15, -0.1) is 0 Å². The van der Waals surface area contributed by atoms with Gasteiger partial charge in [-0.2, -0.15) is 4.31 Å². The molecule has 1 aliphatic heterocycles. The third kappa shape index (κ3) is 5.21. The van der Waals surface area contributed by atoms with Gasteiger partial charge >= 0.3 is 0 Å². The first kappa shape index (κ1) is 22.3. The highest BCUT2D eigenvalue weighted by molar-refractivity contribution is 7.89. The maximum absolute atomic E-state index is 13.1. The van der Waals surface area contributed by atoms with Crippen molar-refractivity contribution in [2.45, 2.75) is 24.2 Å². The first-order chi connectivity index (χ1) is 14.3. The number of benzene rings is 2. The molecule has 0 radical (unpaired) electrons. The topological polar surface area (TPSA) is 87.7 Å². The lowest BCUT2D eigenvalue weighted by Gasteiger charge is -2.26. The summed E-state index contributed by atoms with van der Waals surface area (Å²) in [5.74, 6) is -0.589. The van der Waals surface area contributed by atoms with Crippen molar-refractivity contribution < 1.29 is 22.3 Å². The maximum Gasteiger partial charge on any atom is 0.243 e. The molecule has 1 aliphatic rings. The Morgan fingerprint density at radius 2 is 1.87 bits per heavy atom. The van der Waals surface area contributed by atoms with Crippen LogP contribution < -0.4 is 15.4 Å². The van der Waals surface area contributed by atoms with Crippen molar-refractivity contribution in [3.8, 4) is 5.75 Å². The van der Waals surface area contributed by atoms with Gasteiger partial charge in [0, 0.05) is 13.1 Å². The van der Waals surface area contributed by atoms with E-state index in [4.69, 9.17) is 16.3 Å². The van der Waals surface area contributed by atoms with Gasteiger partial charge in [-0.25, -0.2) is 12.8 Å². The van der Waals surface area contributed by atoms with Gasteiger partial charge in [0.15, 0.2) is 0 Å². The Labute approximate surface area is 180 Å². The molecule has 1 heterocycles. The summed E-state index contributed by atoms with van der Waals surface area (Å²) in [5.41, 5.74) is 0.647. The van der Waals surface area contributed by atoms with E-state index in [9.17, 15) is 17.6 Å². The van der Waals surface area contributed by atoms with Crippen molar-refractivity contribution in [1.29, 1.82) is 0 Å². The van der Waals surface area contributed by atoms with Crippen LogP contribution in [0.4, 0.5) is 15.8 Å². The van der Waals surface area contributed by atoms with Gasteiger partial charge in [0.05, 0.1) is 34.9 Å². The normalized spacial score (nSPS) is 14.9. The zero-order valence-corrected chi connectivity index (χ0v) is 18.0. The Balaban J connectivity index is 1.74. The quantitative estimate of drug-likeness (QED) is 0.664. The zero-order valence-electron chi connectivity index (χ0n) is 16.5. The molecule has 2 aromatic rings. The Morgan fingerprint density at radius 1 is 1.13 bits per heavy atom. The number of carbonyl (C=O) groups excluding carboxylic acids is 1. The molecule has 30 heavy (non-hydrogen) atoms. The van der Waals surface area contributed by atoms with Crippen molar-refractivity contribution in [3.63, 3.8) is 0 Å². The molecule has 0 aliphatic carbocycles. The van der Waals surface area contributed by atoms with Gasteiger partial charge in [0.25, 0.3) is 0 Å². The molecule has 2 N–H and O–H groups in total. The third-order valence-corrected chi connectivity index (χ3v) is 6.98. The van der Waals surface area contributed by atoms with E-state index in [0.29, 0.717) is 24.5 Å². The summed E-state index contributed by atoms with van der Waals surface area (Å²) in [6, 6.07) is 8.17. The fraction of sp³-hybridized carbons (Fsp3) is 0.350. The Kier molecular flexibility index (Phi) is 7.17. The van der Waals surface area contributed by atoms with Gasteiger partial charge < -0.3 is 15.4 Å². The lowest BCUT2D eigenvalue weighted by Crippen LogP contribution is -2.35. The maximum atomic E-state index is 13.1. The average molecular weight is 456 g/mol. The van der Waals surface area contributed by atoms with Crippen molar-refractivity contribution in [2.24, 2.45) is 0 Å². The van der Waals surface area contributed by atoms with Crippen molar-refractivity contribution in [1.82, 2.24) is 4.31 Å². The molecule has 162 valence electrons. The van der Waals surface area contributed by atoms with Crippen LogP contribution in [0.2, 0.25) is 5.02 Å². The molecule has 0 bridgehead atoms. The molecule has 0 atom stereocenters. The SMILES string of the molecule is COc1ccc(S(=O)(=O)N2CCCCC2)cc1NC(=O)CNc1ccc(F)cc1Cl. The molecule has 7 nitrogen and oxygen atoms in total. The molecule has 0 spiro atoms. The summed E-state index contributed by atoms with van der Waals surface area (Å²) in [4.78, 5) is 12.5. The fourth-order valence-electron chi connectivity index (χ4n) is 3.20. The summed E-state index contributed by atoms with van der Waals surface area (Å²) < 4.78 is 45.7. The van der Waals surface area contributed by atoms with E-state index >= 15 is 0 Å². The standard InChI is InChI=1S/C20H23ClFN3O4S/c1-29-19-8-6-15(30(27,28)25-9-3-2-4-10-25)12-18(19)24-20(26)13-23-17-7-5-14(22)11-16(17)21/h5-8,11-12,23H,2-4,9-10,13H2,1H3,(H,24,26). The second-order valence-corrected chi connectivity index (χ2v) is 9.20. The number of hydrogen-bond donors (Lipinski definition) is 2. The van der Waals surface area contributed by atoms with E-state index in [1.54, 1.807) is 0 Å². The van der Waals surface area contributed by atoms with Crippen molar-refractivity contribution in [2.75, 3.05) is 37.4 Å². The molecule has 3 rings (SSSR count). The monoisotopic (exact) mass is 455 g/mol. The molecular formula is C20H23ClFN3O4S. The Morgan fingerprint density at radius 3 is 2.53 bits per heavy atom. The molecule has 1 saturated heterocycles. The van der Waals surface area contributed by atoms with Crippen LogP contribution in [0.1, 0.15) is 19.3 Å².